The Hall–Kier alpha value is -5.80. The molecule has 0 saturated carbocycles. The molecule has 0 fully saturated rings. The maximum atomic E-state index is 6.34. The summed E-state index contributed by atoms with van der Waals surface area (Å²) in [6.45, 7) is 0.845. The fraction of sp³-hybridized carbons (Fsp3) is 0.0476. The molecule has 0 unspecified atom stereocenters. The molecule has 0 saturated heterocycles. The summed E-state index contributed by atoms with van der Waals surface area (Å²) in [4.78, 5) is 4.57. The van der Waals surface area contributed by atoms with E-state index in [9.17, 15) is 0 Å². The maximum absolute atomic E-state index is 6.34. The molecule has 1 aromatic heterocycles. The van der Waals surface area contributed by atoms with Crippen LogP contribution in [0.2, 0.25) is 0 Å². The molecule has 1 aliphatic heterocycles. The largest absolute Gasteiger partial charge is 0.440 e. The lowest BCUT2D eigenvalue weighted by atomic mass is 9.94. The molecule has 0 aliphatic carbocycles. The van der Waals surface area contributed by atoms with Crippen molar-refractivity contribution in [2.24, 2.45) is 0 Å². The number of anilines is 4. The van der Waals surface area contributed by atoms with Crippen LogP contribution in [0, 0.1) is 0 Å². The minimum atomic E-state index is 0.845. The summed E-state index contributed by atoms with van der Waals surface area (Å²) in [6, 6.07) is 50.5. The maximum Gasteiger partial charge on any atom is 0.204 e. The highest BCUT2D eigenvalue weighted by Gasteiger charge is 2.22. The summed E-state index contributed by atoms with van der Waals surface area (Å²) in [5.41, 5.74) is 7.77. The Labute approximate surface area is 261 Å². The number of furan rings is 1. The molecule has 0 N–H and O–H groups in total. The zero-order valence-electron chi connectivity index (χ0n) is 24.9. The summed E-state index contributed by atoms with van der Waals surface area (Å²) < 4.78 is 6.34. The molecule has 2 heterocycles. The number of hydrogen-bond acceptors (Lipinski definition) is 3. The van der Waals surface area contributed by atoms with Crippen LogP contribution < -0.4 is 9.80 Å². The van der Waals surface area contributed by atoms with Crippen LogP contribution in [0.3, 0.4) is 0 Å². The number of fused-ring (bicyclic) bond motifs is 8. The van der Waals surface area contributed by atoms with E-state index < -0.39 is 0 Å². The second kappa shape index (κ2) is 10.1. The van der Waals surface area contributed by atoms with Gasteiger partial charge < -0.3 is 14.2 Å². The lowest BCUT2D eigenvalue weighted by molar-refractivity contribution is 0.602. The van der Waals surface area contributed by atoms with Crippen LogP contribution in [-0.2, 0) is 0 Å². The molecule has 45 heavy (non-hydrogen) atoms. The summed E-state index contributed by atoms with van der Waals surface area (Å²) in [7, 11) is 2.08. The smallest absolute Gasteiger partial charge is 0.204 e. The van der Waals surface area contributed by atoms with Crippen molar-refractivity contribution < 1.29 is 4.42 Å². The first kappa shape index (κ1) is 25.7. The summed E-state index contributed by atoms with van der Waals surface area (Å²) in [5, 5.41) is 8.62. The number of likely N-dealkylation sites (N-methyl/N-ethyl adjacent to an activating group) is 1. The van der Waals surface area contributed by atoms with Crippen molar-refractivity contribution in [2.75, 3.05) is 23.4 Å². The number of rotatable bonds is 4. The van der Waals surface area contributed by atoms with Gasteiger partial charge >= 0.3 is 0 Å². The van der Waals surface area contributed by atoms with E-state index >= 15 is 0 Å². The van der Waals surface area contributed by atoms with Crippen LogP contribution in [0.5, 0.6) is 0 Å². The molecule has 7 aromatic carbocycles. The Morgan fingerprint density at radius 3 is 2.11 bits per heavy atom. The molecule has 1 aliphatic rings. The Bertz CT molecular complexity index is 2420. The normalized spacial score (nSPS) is 12.8. The number of hydrogen-bond donors (Lipinski definition) is 0. The Morgan fingerprint density at radius 1 is 0.578 bits per heavy atom. The first-order chi connectivity index (χ1) is 22.2. The van der Waals surface area contributed by atoms with Crippen LogP contribution in [0.15, 0.2) is 150 Å². The number of nitrogens with zero attached hydrogens (tertiary/aromatic N) is 2. The number of benzene rings is 7. The van der Waals surface area contributed by atoms with Crippen LogP contribution in [0.4, 0.5) is 22.9 Å². The van der Waals surface area contributed by atoms with Crippen LogP contribution in [-0.4, -0.2) is 13.6 Å². The lowest BCUT2D eigenvalue weighted by Crippen LogP contribution is -2.18. The minimum absolute atomic E-state index is 0.845. The van der Waals surface area contributed by atoms with Gasteiger partial charge in [-0.25, -0.2) is 0 Å². The fourth-order valence-electron chi connectivity index (χ4n) is 6.99. The van der Waals surface area contributed by atoms with Crippen molar-refractivity contribution >= 4 is 72.3 Å². The van der Waals surface area contributed by atoms with Gasteiger partial charge in [0, 0.05) is 41.3 Å². The highest BCUT2D eigenvalue weighted by molar-refractivity contribution is 6.23. The van der Waals surface area contributed by atoms with Gasteiger partial charge in [0.15, 0.2) is 0 Å². The molecule has 0 bridgehead atoms. The predicted molar refractivity (Wildman–Crippen MR) is 191 cm³/mol. The van der Waals surface area contributed by atoms with E-state index in [4.69, 9.17) is 4.42 Å². The molecular formula is C42H30N2O. The van der Waals surface area contributed by atoms with Gasteiger partial charge in [0.1, 0.15) is 5.58 Å². The Morgan fingerprint density at radius 2 is 1.27 bits per heavy atom. The zero-order valence-corrected chi connectivity index (χ0v) is 24.9. The predicted octanol–water partition coefficient (Wildman–Crippen LogP) is 11.5. The molecule has 9 rings (SSSR count). The summed E-state index contributed by atoms with van der Waals surface area (Å²) in [6.07, 6.45) is 4.39. The van der Waals surface area contributed by atoms with Crippen molar-refractivity contribution in [1.82, 2.24) is 0 Å². The second-order valence-corrected chi connectivity index (χ2v) is 11.9. The van der Waals surface area contributed by atoms with Crippen molar-refractivity contribution in [1.29, 1.82) is 0 Å². The SMILES string of the molecule is CN1CC=Cc2c1oc1ccc(N(c3ccc(-c4ccccc4)cc3)c3cc4ccc5ccccc5c4c4ccccc34)cc21. The van der Waals surface area contributed by atoms with E-state index in [-0.39, 0.29) is 0 Å². The molecule has 8 aromatic rings. The van der Waals surface area contributed by atoms with Gasteiger partial charge in [-0.2, -0.15) is 0 Å². The molecule has 3 heteroatoms. The van der Waals surface area contributed by atoms with E-state index in [0.29, 0.717) is 0 Å². The molecule has 3 nitrogen and oxygen atoms in total. The molecule has 0 amide bonds. The van der Waals surface area contributed by atoms with Gasteiger partial charge in [0.2, 0.25) is 5.88 Å². The third kappa shape index (κ3) is 4.12. The van der Waals surface area contributed by atoms with Crippen molar-refractivity contribution in [3.63, 3.8) is 0 Å². The molecule has 0 spiro atoms. The summed E-state index contributed by atoms with van der Waals surface area (Å²) in [5.74, 6) is 0.923. The third-order valence-corrected chi connectivity index (χ3v) is 9.16. The van der Waals surface area contributed by atoms with Crippen molar-refractivity contribution in [3.8, 4) is 11.1 Å². The standard InChI is InChI=1S/C42H30N2O/c1-43-25-9-16-37-38-27-33(23-24-40(38)45-42(37)43)44(32-21-19-29(20-22-32)28-10-3-2-4-11-28)39-26-31-18-17-30-12-5-6-13-34(30)41(31)36-15-8-7-14-35(36)39/h2-24,26-27H,25H2,1H3. The van der Waals surface area contributed by atoms with E-state index in [2.05, 4.69) is 169 Å². The van der Waals surface area contributed by atoms with Gasteiger partial charge in [-0.3, -0.25) is 0 Å². The quantitative estimate of drug-likeness (QED) is 0.194. The Kier molecular flexibility index (Phi) is 5.79. The average molecular weight is 579 g/mol. The Balaban J connectivity index is 1.31. The zero-order chi connectivity index (χ0) is 29.9. The van der Waals surface area contributed by atoms with Gasteiger partial charge in [0.25, 0.3) is 0 Å². The third-order valence-electron chi connectivity index (χ3n) is 9.16. The van der Waals surface area contributed by atoms with Crippen molar-refractivity contribution in [3.05, 3.63) is 151 Å². The average Bonchev–Trinajstić information content (AvgIpc) is 3.48. The van der Waals surface area contributed by atoms with Crippen LogP contribution in [0.25, 0.3) is 60.5 Å². The molecule has 214 valence electrons. The van der Waals surface area contributed by atoms with E-state index in [1.807, 2.05) is 0 Å². The lowest BCUT2D eigenvalue weighted by Gasteiger charge is -2.28. The monoisotopic (exact) mass is 578 g/mol. The fourth-order valence-corrected chi connectivity index (χ4v) is 6.99. The van der Waals surface area contributed by atoms with E-state index in [1.54, 1.807) is 0 Å². The van der Waals surface area contributed by atoms with Gasteiger partial charge in [-0.15, -0.1) is 0 Å². The van der Waals surface area contributed by atoms with Crippen molar-refractivity contribution in [2.45, 2.75) is 0 Å². The van der Waals surface area contributed by atoms with Crippen LogP contribution >= 0.6 is 0 Å². The highest BCUT2D eigenvalue weighted by atomic mass is 16.4. The van der Waals surface area contributed by atoms with Gasteiger partial charge in [-0.1, -0.05) is 115 Å². The molecule has 0 atom stereocenters. The second-order valence-electron chi connectivity index (χ2n) is 11.9. The van der Waals surface area contributed by atoms with E-state index in [1.165, 1.54) is 43.4 Å². The van der Waals surface area contributed by atoms with Gasteiger partial charge in [0.05, 0.1) is 5.69 Å². The van der Waals surface area contributed by atoms with E-state index in [0.717, 1.165) is 46.0 Å². The van der Waals surface area contributed by atoms with Crippen LogP contribution in [0.1, 0.15) is 5.56 Å². The molecule has 0 radical (unpaired) electrons. The first-order valence-corrected chi connectivity index (χ1v) is 15.5. The summed E-state index contributed by atoms with van der Waals surface area (Å²) >= 11 is 0. The molecular weight excluding hydrogens is 548 g/mol. The topological polar surface area (TPSA) is 19.6 Å². The highest BCUT2D eigenvalue weighted by Crippen LogP contribution is 2.45. The van der Waals surface area contributed by atoms with Gasteiger partial charge in [-0.05, 0) is 74.5 Å². The minimum Gasteiger partial charge on any atom is -0.440 e. The first-order valence-electron chi connectivity index (χ1n) is 15.5.